The zero-order valence-corrected chi connectivity index (χ0v) is 14.0. The number of hydrogen-bond acceptors (Lipinski definition) is 6. The van der Waals surface area contributed by atoms with Gasteiger partial charge in [-0.3, -0.25) is 4.98 Å². The summed E-state index contributed by atoms with van der Waals surface area (Å²) in [4.78, 5) is 20.8. The lowest BCUT2D eigenvalue weighted by molar-refractivity contribution is -0.191. The van der Waals surface area contributed by atoms with Gasteiger partial charge in [-0.15, -0.1) is 0 Å². The van der Waals surface area contributed by atoms with Crippen molar-refractivity contribution in [2.24, 2.45) is 0 Å². The second kappa shape index (κ2) is 8.43. The summed E-state index contributed by atoms with van der Waals surface area (Å²) in [6, 6.07) is 7.80. The second-order valence-electron chi connectivity index (χ2n) is 5.80. The van der Waals surface area contributed by atoms with Crippen molar-refractivity contribution in [3.63, 3.8) is 0 Å². The third-order valence-corrected chi connectivity index (χ3v) is 4.18. The van der Waals surface area contributed by atoms with Crippen molar-refractivity contribution >= 4 is 22.7 Å². The number of nitrogens with two attached hydrogens (primary N) is 1. The number of ether oxygens (including phenoxy) is 2. The van der Waals surface area contributed by atoms with Gasteiger partial charge in [0.1, 0.15) is 11.9 Å². The number of nitrogen functional groups attached to an aromatic ring is 1. The number of hydrogen-bond donors (Lipinski definition) is 1. The van der Waals surface area contributed by atoms with Crippen molar-refractivity contribution in [3.05, 3.63) is 30.0 Å². The lowest BCUT2D eigenvalue weighted by Crippen LogP contribution is -2.36. The molecule has 1 aromatic carbocycles. The Labute approximate surface area is 141 Å². The second-order valence-corrected chi connectivity index (χ2v) is 5.80. The molecule has 6 heteroatoms. The van der Waals surface area contributed by atoms with Gasteiger partial charge >= 0.3 is 6.15 Å². The Bertz CT molecular complexity index is 726. The highest BCUT2D eigenvalue weighted by Crippen LogP contribution is 2.33. The largest absolute Gasteiger partial charge is 0.487 e. The number of methoxy groups -OCH3 is 1. The molecule has 0 aliphatic heterocycles. The molecule has 24 heavy (non-hydrogen) atoms. The van der Waals surface area contributed by atoms with Gasteiger partial charge in [-0.1, -0.05) is 12.5 Å². The van der Waals surface area contributed by atoms with Crippen molar-refractivity contribution < 1.29 is 19.1 Å². The van der Waals surface area contributed by atoms with Crippen LogP contribution >= 0.6 is 0 Å². The van der Waals surface area contributed by atoms with E-state index in [1.54, 1.807) is 7.11 Å². The number of benzene rings is 1. The van der Waals surface area contributed by atoms with Gasteiger partial charge in [0.25, 0.3) is 0 Å². The number of aryl methyl sites for hydroxylation is 1. The fourth-order valence-corrected chi connectivity index (χ4v) is 3.15. The van der Waals surface area contributed by atoms with Gasteiger partial charge in [-0.05, 0) is 44.4 Å². The summed E-state index contributed by atoms with van der Waals surface area (Å²) in [5.74, 6) is 0.812. The third-order valence-electron chi connectivity index (χ3n) is 4.18. The van der Waals surface area contributed by atoms with Crippen LogP contribution < -0.4 is 10.5 Å². The Kier molecular flexibility index (Phi) is 6.29. The van der Waals surface area contributed by atoms with E-state index in [-0.39, 0.29) is 18.4 Å². The van der Waals surface area contributed by atoms with E-state index in [0.29, 0.717) is 0 Å². The van der Waals surface area contributed by atoms with Gasteiger partial charge in [0, 0.05) is 18.5 Å². The molecule has 6 nitrogen and oxygen atoms in total. The van der Waals surface area contributed by atoms with Crippen molar-refractivity contribution in [2.45, 2.75) is 44.8 Å². The van der Waals surface area contributed by atoms with E-state index >= 15 is 0 Å². The maximum absolute atomic E-state index is 8.12. The van der Waals surface area contributed by atoms with Gasteiger partial charge in [-0.25, -0.2) is 0 Å². The van der Waals surface area contributed by atoms with Crippen LogP contribution in [0.3, 0.4) is 0 Å². The summed E-state index contributed by atoms with van der Waals surface area (Å²) in [6.45, 7) is 1.95. The average Bonchev–Trinajstić information content (AvgIpc) is 2.55. The number of pyridine rings is 1. The molecule has 3 rings (SSSR count). The van der Waals surface area contributed by atoms with E-state index in [4.69, 9.17) is 24.8 Å². The molecule has 1 aliphatic rings. The van der Waals surface area contributed by atoms with E-state index in [2.05, 4.69) is 4.98 Å². The summed E-state index contributed by atoms with van der Waals surface area (Å²) >= 11 is 0. The van der Waals surface area contributed by atoms with Crippen LogP contribution in [0.5, 0.6) is 5.75 Å². The normalized spacial score (nSPS) is 19.9. The number of fused-ring (bicyclic) bond motifs is 1. The zero-order chi connectivity index (χ0) is 17.5. The Balaban J connectivity index is 0.000000647. The molecular formula is C18H22N2O4. The molecule has 1 heterocycles. The number of nitrogens with zero attached hydrogens (tertiary/aromatic N) is 1. The first kappa shape index (κ1) is 17.9. The maximum Gasteiger partial charge on any atom is 0.373 e. The first-order valence-electron chi connectivity index (χ1n) is 7.95. The average molecular weight is 330 g/mol. The first-order valence-corrected chi connectivity index (χ1v) is 7.95. The minimum Gasteiger partial charge on any atom is -0.487 e. The molecular weight excluding hydrogens is 308 g/mol. The lowest BCUT2D eigenvalue weighted by atomic mass is 9.94. The van der Waals surface area contributed by atoms with Gasteiger partial charge in [-0.2, -0.15) is 9.59 Å². The predicted octanol–water partition coefficient (Wildman–Crippen LogP) is 2.88. The highest BCUT2D eigenvalue weighted by atomic mass is 16.5. The van der Waals surface area contributed by atoms with Crippen LogP contribution in [0.2, 0.25) is 0 Å². The van der Waals surface area contributed by atoms with Gasteiger partial charge in [0.15, 0.2) is 0 Å². The third kappa shape index (κ3) is 4.10. The predicted molar refractivity (Wildman–Crippen MR) is 89.6 cm³/mol. The summed E-state index contributed by atoms with van der Waals surface area (Å²) in [5.41, 5.74) is 8.70. The van der Waals surface area contributed by atoms with Crippen molar-refractivity contribution in [3.8, 4) is 5.75 Å². The maximum atomic E-state index is 8.12. The van der Waals surface area contributed by atoms with E-state index in [1.807, 2.05) is 31.2 Å². The monoisotopic (exact) mass is 330 g/mol. The minimum absolute atomic E-state index is 0.0926. The molecule has 2 N–H and O–H groups in total. The van der Waals surface area contributed by atoms with Crippen LogP contribution in [0.4, 0.5) is 5.69 Å². The highest BCUT2D eigenvalue weighted by molar-refractivity contribution is 5.95. The summed E-state index contributed by atoms with van der Waals surface area (Å²) < 4.78 is 11.8. The zero-order valence-electron chi connectivity index (χ0n) is 14.0. The van der Waals surface area contributed by atoms with Crippen LogP contribution in [-0.4, -0.2) is 30.5 Å². The summed E-state index contributed by atoms with van der Waals surface area (Å²) in [5, 5.41) is 0.906. The Hall–Kier alpha value is -2.43. The van der Waals surface area contributed by atoms with Crippen molar-refractivity contribution in [1.82, 2.24) is 4.98 Å². The molecule has 2 atom stereocenters. The molecule has 2 aromatic rings. The van der Waals surface area contributed by atoms with Gasteiger partial charge in [0.05, 0.1) is 17.0 Å². The van der Waals surface area contributed by atoms with Crippen LogP contribution in [-0.2, 0) is 14.3 Å². The molecule has 1 aliphatic carbocycles. The quantitative estimate of drug-likeness (QED) is 0.930. The van der Waals surface area contributed by atoms with Crippen molar-refractivity contribution in [2.75, 3.05) is 12.8 Å². The van der Waals surface area contributed by atoms with Crippen molar-refractivity contribution in [1.29, 1.82) is 0 Å². The van der Waals surface area contributed by atoms with E-state index in [1.165, 1.54) is 12.8 Å². The number of carbonyl (C=O) groups excluding carboxylic acids is 2. The summed E-state index contributed by atoms with van der Waals surface area (Å²) in [6.07, 6.45) is 4.97. The molecule has 0 radical (unpaired) electrons. The van der Waals surface area contributed by atoms with Crippen LogP contribution in [0.15, 0.2) is 24.3 Å². The molecule has 2 unspecified atom stereocenters. The fourth-order valence-electron chi connectivity index (χ4n) is 3.15. The van der Waals surface area contributed by atoms with Gasteiger partial charge in [0.2, 0.25) is 0 Å². The molecule has 0 saturated heterocycles. The molecule has 0 bridgehead atoms. The van der Waals surface area contributed by atoms with E-state index in [0.717, 1.165) is 40.9 Å². The standard InChI is InChI=1S/C17H22N2O2.CO2/c1-11-10-12(18)17-13(19-11)6-5-9-16(17)21-15-8-4-3-7-14(15)20-2;2-1-3/h5-6,9-10,14-15H,3-4,7-8H2,1-2H3,(H2,18,19);. The molecule has 1 saturated carbocycles. The molecule has 0 spiro atoms. The summed E-state index contributed by atoms with van der Waals surface area (Å²) in [7, 11) is 1.76. The topological polar surface area (TPSA) is 91.5 Å². The molecule has 1 aromatic heterocycles. The fraction of sp³-hybridized carbons (Fsp3) is 0.444. The number of aromatic nitrogens is 1. The Morgan fingerprint density at radius 2 is 1.88 bits per heavy atom. The minimum atomic E-state index is 0.0926. The molecule has 1 fully saturated rings. The Morgan fingerprint density at radius 1 is 1.21 bits per heavy atom. The molecule has 128 valence electrons. The van der Waals surface area contributed by atoms with Gasteiger partial charge < -0.3 is 15.2 Å². The smallest absolute Gasteiger partial charge is 0.373 e. The van der Waals surface area contributed by atoms with Crippen LogP contribution in [0.25, 0.3) is 10.9 Å². The highest BCUT2D eigenvalue weighted by Gasteiger charge is 2.27. The van der Waals surface area contributed by atoms with E-state index in [9.17, 15) is 0 Å². The van der Waals surface area contributed by atoms with Crippen LogP contribution in [0.1, 0.15) is 31.4 Å². The van der Waals surface area contributed by atoms with Crippen LogP contribution in [0, 0.1) is 6.92 Å². The SMILES string of the molecule is COC1CCCCC1Oc1cccc2nc(C)cc(N)c12.O=C=O. The first-order chi connectivity index (χ1) is 11.6. The molecule has 0 amide bonds. The number of rotatable bonds is 3. The van der Waals surface area contributed by atoms with E-state index < -0.39 is 0 Å². The number of anilines is 1. The Morgan fingerprint density at radius 3 is 2.54 bits per heavy atom. The lowest BCUT2D eigenvalue weighted by Gasteiger charge is -2.31.